The number of nitrogens with zero attached hydrogens (tertiary/aromatic N) is 1. The first kappa shape index (κ1) is 15.1. The van der Waals surface area contributed by atoms with Crippen LogP contribution < -0.4 is 10.6 Å². The van der Waals surface area contributed by atoms with Crippen molar-refractivity contribution in [3.8, 4) is 0 Å². The van der Waals surface area contributed by atoms with E-state index in [2.05, 4.69) is 18.7 Å². The summed E-state index contributed by atoms with van der Waals surface area (Å²) in [5.41, 5.74) is 6.79. The minimum atomic E-state index is 0.0645. The number of Topliss-reactive ketones (excluding diaryl/α,β-unsaturated/α-hetero) is 1. The Morgan fingerprint density at radius 1 is 1.47 bits per heavy atom. The van der Waals surface area contributed by atoms with E-state index in [4.69, 9.17) is 5.73 Å². The second-order valence-corrected chi connectivity index (χ2v) is 8.89. The molecule has 1 fully saturated rings. The molecule has 0 atom stereocenters. The van der Waals surface area contributed by atoms with Gasteiger partial charge in [-0.05, 0) is 20.1 Å². The number of nitrogens with two attached hydrogens (primary N) is 1. The van der Waals surface area contributed by atoms with Crippen LogP contribution in [0.4, 0.5) is 10.7 Å². The third kappa shape index (κ3) is 3.06. The predicted molar refractivity (Wildman–Crippen MR) is 89.3 cm³/mol. The Morgan fingerprint density at radius 2 is 2.16 bits per heavy atom. The lowest BCUT2D eigenvalue weighted by Gasteiger charge is -2.38. The molecule has 19 heavy (non-hydrogen) atoms. The van der Waals surface area contributed by atoms with Crippen molar-refractivity contribution in [2.45, 2.75) is 30.4 Å². The lowest BCUT2D eigenvalue weighted by molar-refractivity contribution is 0.102. The highest BCUT2D eigenvalue weighted by Crippen LogP contribution is 2.46. The molecule has 0 saturated carbocycles. The summed E-state index contributed by atoms with van der Waals surface area (Å²) >= 11 is 5.19. The van der Waals surface area contributed by atoms with Crippen LogP contribution in [0.2, 0.25) is 0 Å². The van der Waals surface area contributed by atoms with Crippen molar-refractivity contribution in [3.05, 3.63) is 4.88 Å². The quantitative estimate of drug-likeness (QED) is 0.682. The van der Waals surface area contributed by atoms with Crippen LogP contribution >= 0.6 is 34.9 Å². The van der Waals surface area contributed by atoms with Crippen LogP contribution in [0.15, 0.2) is 4.90 Å². The van der Waals surface area contributed by atoms with Crippen LogP contribution in [0.3, 0.4) is 0 Å². The van der Waals surface area contributed by atoms with Crippen LogP contribution in [0, 0.1) is 0 Å². The summed E-state index contributed by atoms with van der Waals surface area (Å²) in [6.07, 6.45) is 2.02. The smallest absolute Gasteiger partial charge is 0.171 e. The van der Waals surface area contributed by atoms with Crippen LogP contribution in [0.1, 0.15) is 30.4 Å². The number of rotatable bonds is 3. The number of hydrogen-bond acceptors (Lipinski definition) is 6. The molecule has 0 bridgehead atoms. The van der Waals surface area contributed by atoms with Gasteiger partial charge in [0.25, 0.3) is 0 Å². The molecule has 2 rings (SSSR count). The van der Waals surface area contributed by atoms with Gasteiger partial charge in [-0.15, -0.1) is 23.1 Å². The van der Waals surface area contributed by atoms with E-state index in [0.29, 0.717) is 10.6 Å². The minimum Gasteiger partial charge on any atom is -0.396 e. The van der Waals surface area contributed by atoms with E-state index in [9.17, 15) is 4.79 Å². The zero-order valence-electron chi connectivity index (χ0n) is 11.8. The fraction of sp³-hybridized carbons (Fsp3) is 0.615. The van der Waals surface area contributed by atoms with Crippen LogP contribution in [-0.2, 0) is 0 Å². The summed E-state index contributed by atoms with van der Waals surface area (Å²) < 4.78 is 0.253. The first-order valence-corrected chi connectivity index (χ1v) is 9.24. The van der Waals surface area contributed by atoms with E-state index in [1.165, 1.54) is 5.00 Å². The Labute approximate surface area is 127 Å². The fourth-order valence-corrected chi connectivity index (χ4v) is 5.49. The van der Waals surface area contributed by atoms with Gasteiger partial charge < -0.3 is 10.6 Å². The summed E-state index contributed by atoms with van der Waals surface area (Å²) in [5, 5.41) is 1.17. The zero-order valence-corrected chi connectivity index (χ0v) is 14.2. The van der Waals surface area contributed by atoms with Gasteiger partial charge in [-0.1, -0.05) is 0 Å². The van der Waals surface area contributed by atoms with E-state index < -0.39 is 0 Å². The molecule has 106 valence electrons. The van der Waals surface area contributed by atoms with Gasteiger partial charge in [0.1, 0.15) is 5.00 Å². The molecule has 2 heterocycles. The molecule has 1 saturated heterocycles. The number of nitrogen functional groups attached to an aromatic ring is 1. The molecule has 1 aliphatic heterocycles. The molecule has 3 nitrogen and oxygen atoms in total. The lowest BCUT2D eigenvalue weighted by Crippen LogP contribution is -2.43. The highest BCUT2D eigenvalue weighted by Gasteiger charge is 2.30. The van der Waals surface area contributed by atoms with Gasteiger partial charge in [-0.2, -0.15) is 11.8 Å². The second-order valence-electron chi connectivity index (χ2n) is 5.27. The van der Waals surface area contributed by atoms with E-state index in [1.54, 1.807) is 30.0 Å². The van der Waals surface area contributed by atoms with Crippen molar-refractivity contribution in [2.75, 3.05) is 35.7 Å². The molecule has 0 unspecified atom stereocenters. The van der Waals surface area contributed by atoms with Crippen molar-refractivity contribution in [2.24, 2.45) is 0 Å². The average Bonchev–Trinajstić information content (AvgIpc) is 2.65. The normalized spacial score (nSPS) is 18.6. The summed E-state index contributed by atoms with van der Waals surface area (Å²) in [6, 6.07) is 0. The van der Waals surface area contributed by atoms with Crippen LogP contribution in [0.5, 0.6) is 0 Å². The zero-order chi connectivity index (χ0) is 14.2. The maximum Gasteiger partial charge on any atom is 0.171 e. The highest BCUT2D eigenvalue weighted by atomic mass is 32.2. The number of hydrogen-bond donors (Lipinski definition) is 1. The second kappa shape index (κ2) is 5.58. The lowest BCUT2D eigenvalue weighted by atomic mass is 10.2. The van der Waals surface area contributed by atoms with E-state index in [1.807, 2.05) is 18.0 Å². The average molecular weight is 317 g/mol. The Kier molecular flexibility index (Phi) is 4.42. The molecular weight excluding hydrogens is 296 g/mol. The minimum absolute atomic E-state index is 0.0645. The third-order valence-corrected chi connectivity index (χ3v) is 6.73. The molecule has 2 N–H and O–H groups in total. The van der Waals surface area contributed by atoms with Gasteiger partial charge in [-0.3, -0.25) is 4.79 Å². The summed E-state index contributed by atoms with van der Waals surface area (Å²) in [7, 11) is 0. The molecule has 0 amide bonds. The molecule has 1 aliphatic rings. The Balaban J connectivity index is 2.39. The molecule has 0 aliphatic carbocycles. The van der Waals surface area contributed by atoms with Crippen LogP contribution in [0.25, 0.3) is 0 Å². The maximum atomic E-state index is 11.7. The number of ketones is 1. The molecule has 0 radical (unpaired) electrons. The van der Waals surface area contributed by atoms with Crippen molar-refractivity contribution in [3.63, 3.8) is 0 Å². The topological polar surface area (TPSA) is 46.3 Å². The number of thioether (sulfide) groups is 2. The fourth-order valence-electron chi connectivity index (χ4n) is 2.27. The highest BCUT2D eigenvalue weighted by molar-refractivity contribution is 8.00. The molecule has 1 aromatic rings. The third-order valence-electron chi connectivity index (χ3n) is 3.12. The van der Waals surface area contributed by atoms with Gasteiger partial charge >= 0.3 is 0 Å². The molecule has 6 heteroatoms. The molecule has 0 spiro atoms. The first-order chi connectivity index (χ1) is 8.85. The van der Waals surface area contributed by atoms with Gasteiger partial charge in [0.2, 0.25) is 0 Å². The number of carbonyl (C=O) groups is 1. The summed E-state index contributed by atoms with van der Waals surface area (Å²) in [6.45, 7) is 8.16. The number of thiophene rings is 1. The Bertz CT molecular complexity index is 496. The number of carbonyl (C=O) groups excluding carboxylic acids is 1. The van der Waals surface area contributed by atoms with Crippen molar-refractivity contribution in [1.29, 1.82) is 0 Å². The molecule has 0 aromatic carbocycles. The monoisotopic (exact) mass is 316 g/mol. The van der Waals surface area contributed by atoms with E-state index in [0.717, 1.165) is 23.7 Å². The standard InChI is InChI=1S/C13H20N2OS3/c1-8(16)10-9(14)11(17-4)12(19-10)15-5-6-18-13(2,3)7-15/h5-7,14H2,1-4H3. The molecular formula is C13H20N2OS3. The van der Waals surface area contributed by atoms with Crippen molar-refractivity contribution >= 4 is 51.3 Å². The van der Waals surface area contributed by atoms with Gasteiger partial charge in [-0.25, -0.2) is 0 Å². The van der Waals surface area contributed by atoms with E-state index in [-0.39, 0.29) is 10.5 Å². The van der Waals surface area contributed by atoms with E-state index >= 15 is 0 Å². The predicted octanol–water partition coefficient (Wildman–Crippen LogP) is 3.59. The number of anilines is 2. The summed E-state index contributed by atoms with van der Waals surface area (Å²) in [4.78, 5) is 15.8. The van der Waals surface area contributed by atoms with Crippen LogP contribution in [-0.4, -0.2) is 35.6 Å². The maximum absolute atomic E-state index is 11.7. The van der Waals surface area contributed by atoms with Crippen molar-refractivity contribution in [1.82, 2.24) is 0 Å². The van der Waals surface area contributed by atoms with Gasteiger partial charge in [0.05, 0.1) is 15.5 Å². The first-order valence-electron chi connectivity index (χ1n) is 6.22. The van der Waals surface area contributed by atoms with Crippen molar-refractivity contribution < 1.29 is 4.79 Å². The Hall–Kier alpha value is -0.330. The summed E-state index contributed by atoms with van der Waals surface area (Å²) in [5.74, 6) is 1.18. The SMILES string of the molecule is CSc1c(N2CCSC(C)(C)C2)sc(C(C)=O)c1N. The largest absolute Gasteiger partial charge is 0.396 e. The Morgan fingerprint density at radius 3 is 2.68 bits per heavy atom. The van der Waals surface area contributed by atoms with Gasteiger partial charge in [0, 0.05) is 30.5 Å². The van der Waals surface area contributed by atoms with Gasteiger partial charge in [0.15, 0.2) is 5.78 Å². The molecule has 1 aromatic heterocycles.